The van der Waals surface area contributed by atoms with E-state index in [0.29, 0.717) is 11.8 Å². The first kappa shape index (κ1) is 17.3. The molecule has 3 atom stereocenters. The zero-order valence-electron chi connectivity index (χ0n) is 15.7. The summed E-state index contributed by atoms with van der Waals surface area (Å²) in [5.41, 5.74) is 2.69. The number of nitrogens with zero attached hydrogens (tertiary/aromatic N) is 4. The molecule has 1 aromatic carbocycles. The molecule has 5 rings (SSSR count). The lowest BCUT2D eigenvalue weighted by molar-refractivity contribution is -0.130. The number of aromatic nitrogens is 3. The molecule has 0 unspecified atom stereocenters. The van der Waals surface area contributed by atoms with Crippen LogP contribution in [-0.2, 0) is 11.3 Å². The molecule has 6 nitrogen and oxygen atoms in total. The molecule has 144 valence electrons. The van der Waals surface area contributed by atoms with Gasteiger partial charge < -0.3 is 4.90 Å². The molecular formula is C21H22FN5O. The smallest absolute Gasteiger partial charge is 0.219 e. The van der Waals surface area contributed by atoms with Crippen molar-refractivity contribution in [3.8, 4) is 0 Å². The molecule has 0 aliphatic carbocycles. The number of hydrogen-bond donors (Lipinski definition) is 1. The Bertz CT molecular complexity index is 1030. The minimum atomic E-state index is -0.254. The predicted octanol–water partition coefficient (Wildman–Crippen LogP) is 2.75. The number of H-pyrrole nitrogens is 1. The molecule has 0 spiro atoms. The van der Waals surface area contributed by atoms with E-state index in [1.807, 2.05) is 23.1 Å². The molecule has 1 amide bonds. The van der Waals surface area contributed by atoms with Gasteiger partial charge in [0.25, 0.3) is 0 Å². The van der Waals surface area contributed by atoms with Gasteiger partial charge in [-0.05, 0) is 35.7 Å². The van der Waals surface area contributed by atoms with Gasteiger partial charge in [0.2, 0.25) is 5.91 Å². The largest absolute Gasteiger partial charge is 0.335 e. The van der Waals surface area contributed by atoms with E-state index in [-0.39, 0.29) is 17.8 Å². The SMILES string of the molecule is CC(=O)N1C[C@H]2CN(Cc3[nH]nc4ncccc34)C[C@H]2[C@H]1c1cccc(F)c1. The molecule has 2 fully saturated rings. The van der Waals surface area contributed by atoms with E-state index in [1.165, 1.54) is 6.07 Å². The van der Waals surface area contributed by atoms with Crippen LogP contribution < -0.4 is 0 Å². The van der Waals surface area contributed by atoms with Crippen molar-refractivity contribution in [1.29, 1.82) is 0 Å². The molecule has 2 saturated heterocycles. The molecule has 3 aromatic rings. The number of amides is 1. The lowest BCUT2D eigenvalue weighted by Gasteiger charge is -2.29. The van der Waals surface area contributed by atoms with Crippen LogP contribution in [-0.4, -0.2) is 50.5 Å². The van der Waals surface area contributed by atoms with Gasteiger partial charge in [-0.15, -0.1) is 0 Å². The number of rotatable bonds is 3. The monoisotopic (exact) mass is 379 g/mol. The Morgan fingerprint density at radius 1 is 1.25 bits per heavy atom. The highest BCUT2D eigenvalue weighted by Gasteiger charge is 2.48. The van der Waals surface area contributed by atoms with Crippen LogP contribution in [0.1, 0.15) is 24.2 Å². The van der Waals surface area contributed by atoms with Crippen LogP contribution in [0.3, 0.4) is 0 Å². The van der Waals surface area contributed by atoms with Crippen LogP contribution in [0.5, 0.6) is 0 Å². The zero-order chi connectivity index (χ0) is 19.3. The molecule has 0 radical (unpaired) electrons. The van der Waals surface area contributed by atoms with Crippen molar-refractivity contribution in [1.82, 2.24) is 25.0 Å². The maximum Gasteiger partial charge on any atom is 0.219 e. The minimum Gasteiger partial charge on any atom is -0.335 e. The average Bonchev–Trinajstić information content (AvgIpc) is 3.35. The van der Waals surface area contributed by atoms with Crippen LogP contribution in [0.2, 0.25) is 0 Å². The van der Waals surface area contributed by atoms with Gasteiger partial charge in [0, 0.05) is 50.6 Å². The van der Waals surface area contributed by atoms with Crippen molar-refractivity contribution in [2.75, 3.05) is 19.6 Å². The summed E-state index contributed by atoms with van der Waals surface area (Å²) < 4.78 is 13.8. The lowest BCUT2D eigenvalue weighted by atomic mass is 9.89. The maximum absolute atomic E-state index is 13.8. The highest BCUT2D eigenvalue weighted by molar-refractivity contribution is 5.77. The summed E-state index contributed by atoms with van der Waals surface area (Å²) in [6, 6.07) is 10.6. The van der Waals surface area contributed by atoms with Crippen molar-refractivity contribution in [3.05, 3.63) is 59.7 Å². The zero-order valence-corrected chi connectivity index (χ0v) is 15.7. The van der Waals surface area contributed by atoms with Crippen molar-refractivity contribution in [2.45, 2.75) is 19.5 Å². The Balaban J connectivity index is 1.39. The summed E-state index contributed by atoms with van der Waals surface area (Å²) in [6.45, 7) is 4.89. The highest BCUT2D eigenvalue weighted by atomic mass is 19.1. The lowest BCUT2D eigenvalue weighted by Crippen LogP contribution is -2.34. The molecule has 1 N–H and O–H groups in total. The molecule has 4 heterocycles. The number of pyridine rings is 1. The second kappa shape index (κ2) is 6.67. The first-order valence-electron chi connectivity index (χ1n) is 9.63. The third kappa shape index (κ3) is 2.86. The van der Waals surface area contributed by atoms with E-state index in [1.54, 1.807) is 25.3 Å². The number of fused-ring (bicyclic) bond motifs is 2. The maximum atomic E-state index is 13.8. The normalized spacial score (nSPS) is 24.8. The fourth-order valence-corrected chi connectivity index (χ4v) is 4.95. The summed E-state index contributed by atoms with van der Waals surface area (Å²) in [5.74, 6) is 0.499. The minimum absolute atomic E-state index is 0.0563. The van der Waals surface area contributed by atoms with Crippen molar-refractivity contribution >= 4 is 16.9 Å². The number of nitrogens with one attached hydrogen (secondary N) is 1. The number of carbonyl (C=O) groups is 1. The quantitative estimate of drug-likeness (QED) is 0.760. The fourth-order valence-electron chi connectivity index (χ4n) is 4.95. The van der Waals surface area contributed by atoms with Gasteiger partial charge in [-0.2, -0.15) is 5.10 Å². The van der Waals surface area contributed by atoms with Crippen molar-refractivity contribution in [2.24, 2.45) is 11.8 Å². The van der Waals surface area contributed by atoms with E-state index in [2.05, 4.69) is 20.1 Å². The van der Waals surface area contributed by atoms with Gasteiger partial charge in [0.15, 0.2) is 5.65 Å². The Morgan fingerprint density at radius 2 is 2.14 bits per heavy atom. The number of carbonyl (C=O) groups excluding carboxylic acids is 1. The predicted molar refractivity (Wildman–Crippen MR) is 103 cm³/mol. The third-order valence-electron chi connectivity index (χ3n) is 6.12. The molecule has 7 heteroatoms. The van der Waals surface area contributed by atoms with Crippen LogP contribution in [0.15, 0.2) is 42.6 Å². The molecule has 2 aliphatic heterocycles. The van der Waals surface area contributed by atoms with Gasteiger partial charge >= 0.3 is 0 Å². The second-order valence-electron chi connectivity index (χ2n) is 7.87. The van der Waals surface area contributed by atoms with E-state index >= 15 is 0 Å². The number of aromatic amines is 1. The van der Waals surface area contributed by atoms with Crippen LogP contribution in [0.4, 0.5) is 4.39 Å². The number of hydrogen-bond acceptors (Lipinski definition) is 4. The number of benzene rings is 1. The summed E-state index contributed by atoms with van der Waals surface area (Å²) in [5, 5.41) is 8.45. The molecule has 2 aromatic heterocycles. The summed E-state index contributed by atoms with van der Waals surface area (Å²) in [6.07, 6.45) is 1.74. The fraction of sp³-hybridized carbons (Fsp3) is 0.381. The first-order chi connectivity index (χ1) is 13.6. The van der Waals surface area contributed by atoms with E-state index in [0.717, 1.165) is 48.5 Å². The van der Waals surface area contributed by atoms with Crippen molar-refractivity contribution in [3.63, 3.8) is 0 Å². The van der Waals surface area contributed by atoms with E-state index in [4.69, 9.17) is 0 Å². The Labute approximate surface area is 162 Å². The van der Waals surface area contributed by atoms with Gasteiger partial charge in [-0.3, -0.25) is 14.8 Å². The average molecular weight is 379 g/mol. The van der Waals surface area contributed by atoms with Crippen LogP contribution in [0.25, 0.3) is 11.0 Å². The Kier molecular flexibility index (Phi) is 4.12. The second-order valence-corrected chi connectivity index (χ2v) is 7.87. The number of halogens is 1. The van der Waals surface area contributed by atoms with Gasteiger partial charge in [-0.25, -0.2) is 9.37 Å². The van der Waals surface area contributed by atoms with Gasteiger partial charge in [-0.1, -0.05) is 12.1 Å². The first-order valence-corrected chi connectivity index (χ1v) is 9.63. The number of likely N-dealkylation sites (tertiary alicyclic amines) is 2. The van der Waals surface area contributed by atoms with E-state index < -0.39 is 0 Å². The van der Waals surface area contributed by atoms with Crippen LogP contribution in [0, 0.1) is 17.7 Å². The molecule has 28 heavy (non-hydrogen) atoms. The van der Waals surface area contributed by atoms with E-state index in [9.17, 15) is 9.18 Å². The van der Waals surface area contributed by atoms with Gasteiger partial charge in [0.05, 0.1) is 11.7 Å². The van der Waals surface area contributed by atoms with Crippen LogP contribution >= 0.6 is 0 Å². The molecule has 0 saturated carbocycles. The Morgan fingerprint density at radius 3 is 2.96 bits per heavy atom. The Hall–Kier alpha value is -2.80. The molecule has 2 aliphatic rings. The standard InChI is InChI=1S/C21H22FN5O/c1-13(28)27-10-15-9-26(12-19-17-6-3-7-23-21(17)25-24-19)11-18(15)20(27)14-4-2-5-16(22)8-14/h2-8,15,18,20H,9-12H2,1H3,(H,23,24,25)/t15-,18-,20-/m1/s1. The summed E-state index contributed by atoms with van der Waals surface area (Å²) in [4.78, 5) is 20.8. The molecule has 0 bridgehead atoms. The summed E-state index contributed by atoms with van der Waals surface area (Å²) >= 11 is 0. The highest BCUT2D eigenvalue weighted by Crippen LogP contribution is 2.45. The van der Waals surface area contributed by atoms with Gasteiger partial charge in [0.1, 0.15) is 5.82 Å². The third-order valence-corrected chi connectivity index (χ3v) is 6.12. The van der Waals surface area contributed by atoms with Crippen molar-refractivity contribution < 1.29 is 9.18 Å². The summed E-state index contributed by atoms with van der Waals surface area (Å²) in [7, 11) is 0. The molecular weight excluding hydrogens is 357 g/mol. The topological polar surface area (TPSA) is 65.1 Å².